The first kappa shape index (κ1) is 20.1. The molecule has 1 aliphatic rings. The van der Waals surface area contributed by atoms with Crippen molar-refractivity contribution in [1.82, 2.24) is 20.5 Å². The fourth-order valence-electron chi connectivity index (χ4n) is 3.06. The molecule has 0 spiro atoms. The lowest BCUT2D eigenvalue weighted by atomic mass is 10.00. The minimum absolute atomic E-state index is 0.0283. The topological polar surface area (TPSA) is 61.8 Å². The van der Waals surface area contributed by atoms with Crippen molar-refractivity contribution in [2.24, 2.45) is 4.99 Å². The van der Waals surface area contributed by atoms with Gasteiger partial charge in [0.15, 0.2) is 5.96 Å². The molecule has 25 heavy (non-hydrogen) atoms. The summed E-state index contributed by atoms with van der Waals surface area (Å²) in [6.07, 6.45) is 3.55. The number of thiazole rings is 1. The lowest BCUT2D eigenvalue weighted by molar-refractivity contribution is -0.0946. The van der Waals surface area contributed by atoms with Crippen molar-refractivity contribution in [3.63, 3.8) is 0 Å². The monoisotopic (exact) mass is 367 g/mol. The predicted molar refractivity (Wildman–Crippen MR) is 105 cm³/mol. The Morgan fingerprint density at radius 3 is 2.60 bits per heavy atom. The van der Waals surface area contributed by atoms with Crippen LogP contribution in [0.5, 0.6) is 0 Å². The Hall–Kier alpha value is -1.18. The summed E-state index contributed by atoms with van der Waals surface area (Å²) in [6, 6.07) is 0. The molecule has 2 rings (SSSR count). The van der Waals surface area contributed by atoms with Crippen molar-refractivity contribution in [3.05, 3.63) is 16.1 Å². The van der Waals surface area contributed by atoms with Crippen LogP contribution in [0.15, 0.2) is 11.2 Å². The molecule has 1 aliphatic heterocycles. The molecule has 2 unspecified atom stereocenters. The molecule has 0 saturated carbocycles. The Balaban J connectivity index is 1.84. The van der Waals surface area contributed by atoms with Crippen LogP contribution in [0.3, 0.4) is 0 Å². The maximum absolute atomic E-state index is 5.85. The number of nitrogens with zero attached hydrogens (tertiary/aromatic N) is 3. The largest absolute Gasteiger partial charge is 0.373 e. The van der Waals surface area contributed by atoms with Gasteiger partial charge in [-0.25, -0.2) is 4.98 Å². The summed E-state index contributed by atoms with van der Waals surface area (Å²) < 4.78 is 5.85. The zero-order chi connectivity index (χ0) is 18.4. The summed E-state index contributed by atoms with van der Waals surface area (Å²) in [7, 11) is 1.81. The van der Waals surface area contributed by atoms with E-state index in [2.05, 4.69) is 60.1 Å². The fraction of sp³-hybridized carbons (Fsp3) is 0.778. The van der Waals surface area contributed by atoms with Crippen LogP contribution in [0.25, 0.3) is 0 Å². The van der Waals surface area contributed by atoms with Crippen molar-refractivity contribution in [1.29, 1.82) is 0 Å². The number of hydrogen-bond acceptors (Lipinski definition) is 5. The summed E-state index contributed by atoms with van der Waals surface area (Å²) in [5.74, 6) is 0.815. The number of aliphatic imine (C=N–C) groups is 1. The molecule has 1 aromatic rings. The van der Waals surface area contributed by atoms with Crippen LogP contribution >= 0.6 is 11.3 Å². The van der Waals surface area contributed by atoms with E-state index in [-0.39, 0.29) is 17.7 Å². The highest BCUT2D eigenvalue weighted by molar-refractivity contribution is 7.11. The smallest absolute Gasteiger partial charge is 0.191 e. The van der Waals surface area contributed by atoms with E-state index >= 15 is 0 Å². The van der Waals surface area contributed by atoms with Crippen LogP contribution < -0.4 is 10.6 Å². The number of ether oxygens (including phenoxy) is 1. The Morgan fingerprint density at radius 2 is 2.04 bits per heavy atom. The Morgan fingerprint density at radius 1 is 1.36 bits per heavy atom. The van der Waals surface area contributed by atoms with Crippen molar-refractivity contribution >= 4 is 17.3 Å². The number of aryl methyl sites for hydroxylation is 1. The Bertz CT molecular complexity index is 562. The molecule has 0 radical (unpaired) electrons. The van der Waals surface area contributed by atoms with Gasteiger partial charge in [-0.3, -0.25) is 9.89 Å². The molecule has 2 atom stereocenters. The summed E-state index contributed by atoms with van der Waals surface area (Å²) in [4.78, 5) is 12.6. The highest BCUT2D eigenvalue weighted by atomic mass is 32.1. The van der Waals surface area contributed by atoms with Crippen molar-refractivity contribution < 1.29 is 4.74 Å². The average molecular weight is 368 g/mol. The van der Waals surface area contributed by atoms with Crippen LogP contribution in [0, 0.1) is 0 Å². The molecule has 2 heterocycles. The third-order valence-corrected chi connectivity index (χ3v) is 5.69. The lowest BCUT2D eigenvalue weighted by Crippen LogP contribution is -2.59. The van der Waals surface area contributed by atoms with E-state index in [1.807, 2.05) is 6.20 Å². The summed E-state index contributed by atoms with van der Waals surface area (Å²) in [5.41, 5.74) is 0.0283. The van der Waals surface area contributed by atoms with Crippen molar-refractivity contribution in [2.45, 2.75) is 65.3 Å². The van der Waals surface area contributed by atoms with Gasteiger partial charge >= 0.3 is 0 Å². The predicted octanol–water partition coefficient (Wildman–Crippen LogP) is 2.26. The standard InChI is InChI=1S/C18H33N5OS/c1-7-15-8-20-16(25-15)9-21-17(19-6)22-12-18(4,5)23-10-13(2)24-14(3)11-23/h8,13-14H,7,9-12H2,1-6H3,(H2,19,21,22). The van der Waals surface area contributed by atoms with Crippen LogP contribution in [0.1, 0.15) is 44.5 Å². The number of guanidine groups is 1. The maximum Gasteiger partial charge on any atom is 0.191 e. The third kappa shape index (κ3) is 5.94. The first-order valence-electron chi connectivity index (χ1n) is 9.12. The molecule has 0 amide bonds. The molecule has 0 aliphatic carbocycles. The van der Waals surface area contributed by atoms with Gasteiger partial charge in [-0.1, -0.05) is 6.92 Å². The van der Waals surface area contributed by atoms with E-state index in [1.165, 1.54) is 4.88 Å². The molecular formula is C18H33N5OS. The number of aromatic nitrogens is 1. The van der Waals surface area contributed by atoms with Gasteiger partial charge in [0, 0.05) is 43.3 Å². The molecule has 6 nitrogen and oxygen atoms in total. The zero-order valence-electron chi connectivity index (χ0n) is 16.4. The van der Waals surface area contributed by atoms with E-state index in [9.17, 15) is 0 Å². The highest BCUT2D eigenvalue weighted by Gasteiger charge is 2.33. The van der Waals surface area contributed by atoms with Gasteiger partial charge in [-0.15, -0.1) is 11.3 Å². The number of morpholine rings is 1. The normalized spacial score (nSPS) is 22.9. The van der Waals surface area contributed by atoms with Gasteiger partial charge in [0.25, 0.3) is 0 Å². The van der Waals surface area contributed by atoms with E-state index in [0.717, 1.165) is 37.0 Å². The summed E-state index contributed by atoms with van der Waals surface area (Å²) in [5, 5.41) is 7.91. The Kier molecular flexibility index (Phi) is 7.22. The highest BCUT2D eigenvalue weighted by Crippen LogP contribution is 2.20. The second kappa shape index (κ2) is 8.96. The van der Waals surface area contributed by atoms with Crippen LogP contribution in [-0.4, -0.2) is 60.3 Å². The van der Waals surface area contributed by atoms with Crippen molar-refractivity contribution in [2.75, 3.05) is 26.7 Å². The maximum atomic E-state index is 5.85. The average Bonchev–Trinajstić information content (AvgIpc) is 3.02. The molecule has 1 saturated heterocycles. The van der Waals surface area contributed by atoms with E-state index < -0.39 is 0 Å². The zero-order valence-corrected chi connectivity index (χ0v) is 17.2. The van der Waals surface area contributed by atoms with E-state index in [0.29, 0.717) is 6.54 Å². The van der Waals surface area contributed by atoms with Gasteiger partial charge < -0.3 is 15.4 Å². The molecular weight excluding hydrogens is 334 g/mol. The molecule has 0 bridgehead atoms. The van der Waals surface area contributed by atoms with E-state index in [4.69, 9.17) is 4.74 Å². The first-order chi connectivity index (χ1) is 11.8. The third-order valence-electron chi connectivity index (χ3n) is 4.54. The van der Waals surface area contributed by atoms with Crippen LogP contribution in [0.2, 0.25) is 0 Å². The minimum atomic E-state index is 0.0283. The van der Waals surface area contributed by atoms with Crippen LogP contribution in [0.4, 0.5) is 0 Å². The van der Waals surface area contributed by atoms with Gasteiger partial charge in [0.1, 0.15) is 5.01 Å². The SMILES string of the molecule is CCc1cnc(CNC(=NC)NCC(C)(C)N2CC(C)OC(C)C2)s1. The van der Waals surface area contributed by atoms with Gasteiger partial charge in [-0.2, -0.15) is 0 Å². The van der Waals surface area contributed by atoms with Gasteiger partial charge in [0.05, 0.1) is 18.8 Å². The Labute approximate surface area is 156 Å². The number of hydrogen-bond donors (Lipinski definition) is 2. The molecule has 142 valence electrons. The number of rotatable bonds is 6. The molecule has 2 N–H and O–H groups in total. The second-order valence-corrected chi connectivity index (χ2v) is 8.53. The molecule has 0 aromatic carbocycles. The molecule has 1 aromatic heterocycles. The summed E-state index contributed by atoms with van der Waals surface area (Å²) >= 11 is 1.75. The lowest BCUT2D eigenvalue weighted by Gasteiger charge is -2.45. The fourth-order valence-corrected chi connectivity index (χ4v) is 3.86. The second-order valence-electron chi connectivity index (χ2n) is 7.33. The van der Waals surface area contributed by atoms with Crippen molar-refractivity contribution in [3.8, 4) is 0 Å². The number of nitrogens with one attached hydrogen (secondary N) is 2. The molecule has 1 fully saturated rings. The van der Waals surface area contributed by atoms with Gasteiger partial charge in [0.2, 0.25) is 0 Å². The van der Waals surface area contributed by atoms with Gasteiger partial charge in [-0.05, 0) is 34.1 Å². The quantitative estimate of drug-likeness (QED) is 0.596. The first-order valence-corrected chi connectivity index (χ1v) is 9.94. The van der Waals surface area contributed by atoms with Crippen LogP contribution in [-0.2, 0) is 17.7 Å². The molecule has 7 heteroatoms. The summed E-state index contributed by atoms with van der Waals surface area (Å²) in [6.45, 7) is 14.4. The van der Waals surface area contributed by atoms with E-state index in [1.54, 1.807) is 18.4 Å². The minimum Gasteiger partial charge on any atom is -0.373 e.